The molecule has 2 unspecified atom stereocenters. The van der Waals surface area contributed by atoms with Gasteiger partial charge in [-0.15, -0.1) is 0 Å². The molecule has 0 aromatic rings. The Bertz CT molecular complexity index is 256. The summed E-state index contributed by atoms with van der Waals surface area (Å²) in [6.07, 6.45) is 4.25. The van der Waals surface area contributed by atoms with E-state index in [0.29, 0.717) is 0 Å². The predicted molar refractivity (Wildman–Crippen MR) is 60.8 cm³/mol. The number of carboxylic acid groups (broad SMARTS) is 1. The predicted octanol–water partition coefficient (Wildman–Crippen LogP) is 2.14. The summed E-state index contributed by atoms with van der Waals surface area (Å²) in [5, 5.41) is 9.18. The summed E-state index contributed by atoms with van der Waals surface area (Å²) < 4.78 is 0. The maximum atomic E-state index is 11.2. The van der Waals surface area contributed by atoms with Crippen molar-refractivity contribution in [1.29, 1.82) is 0 Å². The molecule has 3 heteroatoms. The Labute approximate surface area is 91.8 Å². The molecular weight excluding hydrogens is 190 g/mol. The first kappa shape index (κ1) is 12.2. The average Bonchev–Trinajstić information content (AvgIpc) is 2.13. The quantitative estimate of drug-likeness (QED) is 0.727. The molecule has 1 rings (SSSR count). The Morgan fingerprint density at radius 3 is 2.73 bits per heavy atom. The largest absolute Gasteiger partial charge is 0.480 e. The molecule has 1 heterocycles. The van der Waals surface area contributed by atoms with E-state index in [1.807, 2.05) is 20.8 Å². The lowest BCUT2D eigenvalue weighted by Gasteiger charge is -2.36. The molecule has 2 atom stereocenters. The molecule has 0 aromatic carbocycles. The number of hydrogen-bond donors (Lipinski definition) is 1. The van der Waals surface area contributed by atoms with Crippen molar-refractivity contribution in [3.05, 3.63) is 11.6 Å². The first-order valence-corrected chi connectivity index (χ1v) is 5.62. The maximum Gasteiger partial charge on any atom is 0.321 e. The van der Waals surface area contributed by atoms with Gasteiger partial charge in [0, 0.05) is 6.54 Å². The zero-order chi connectivity index (χ0) is 11.4. The van der Waals surface area contributed by atoms with E-state index in [1.165, 1.54) is 5.57 Å². The average molecular weight is 211 g/mol. The van der Waals surface area contributed by atoms with Gasteiger partial charge in [-0.3, -0.25) is 9.69 Å². The highest BCUT2D eigenvalue weighted by Gasteiger charge is 2.33. The number of likely N-dealkylation sites (tertiary alicyclic amines) is 1. The molecule has 0 amide bonds. The fraction of sp³-hybridized carbons (Fsp3) is 0.750. The van der Waals surface area contributed by atoms with Gasteiger partial charge in [0.15, 0.2) is 0 Å². The van der Waals surface area contributed by atoms with Crippen molar-refractivity contribution in [2.45, 2.75) is 39.7 Å². The molecule has 15 heavy (non-hydrogen) atoms. The van der Waals surface area contributed by atoms with Gasteiger partial charge in [0.2, 0.25) is 0 Å². The third kappa shape index (κ3) is 3.34. The molecule has 0 aliphatic carbocycles. The molecular formula is C12H21NO2. The SMILES string of the molecule is CC(C)=CCN1CCCC(C)C1C(=O)O. The first-order chi connectivity index (χ1) is 7.02. The van der Waals surface area contributed by atoms with Gasteiger partial charge in [-0.25, -0.2) is 0 Å². The first-order valence-electron chi connectivity index (χ1n) is 5.62. The number of allylic oxidation sites excluding steroid dienone is 1. The second kappa shape index (κ2) is 5.31. The number of hydrogen-bond acceptors (Lipinski definition) is 2. The van der Waals surface area contributed by atoms with Crippen LogP contribution in [0.25, 0.3) is 0 Å². The highest BCUT2D eigenvalue weighted by atomic mass is 16.4. The zero-order valence-electron chi connectivity index (χ0n) is 9.86. The minimum atomic E-state index is -0.677. The second-order valence-corrected chi connectivity index (χ2v) is 4.68. The van der Waals surface area contributed by atoms with Crippen LogP contribution >= 0.6 is 0 Å². The fourth-order valence-electron chi connectivity index (χ4n) is 2.18. The maximum absolute atomic E-state index is 11.2. The molecule has 0 saturated carbocycles. The lowest BCUT2D eigenvalue weighted by molar-refractivity contribution is -0.146. The topological polar surface area (TPSA) is 40.5 Å². The van der Waals surface area contributed by atoms with E-state index in [1.54, 1.807) is 0 Å². The van der Waals surface area contributed by atoms with E-state index in [9.17, 15) is 9.90 Å². The van der Waals surface area contributed by atoms with Crippen LogP contribution in [0.4, 0.5) is 0 Å². The zero-order valence-corrected chi connectivity index (χ0v) is 9.86. The van der Waals surface area contributed by atoms with Gasteiger partial charge in [-0.2, -0.15) is 0 Å². The van der Waals surface area contributed by atoms with Crippen LogP contribution in [0.3, 0.4) is 0 Å². The number of piperidine rings is 1. The van der Waals surface area contributed by atoms with Crippen molar-refractivity contribution in [2.75, 3.05) is 13.1 Å². The van der Waals surface area contributed by atoms with E-state index in [4.69, 9.17) is 0 Å². The standard InChI is InChI=1S/C12H21NO2/c1-9(2)6-8-13-7-4-5-10(3)11(13)12(14)15/h6,10-11H,4-5,7-8H2,1-3H3,(H,14,15). The van der Waals surface area contributed by atoms with Crippen LogP contribution in [0, 0.1) is 5.92 Å². The lowest BCUT2D eigenvalue weighted by atomic mass is 9.91. The Hall–Kier alpha value is -0.830. The summed E-state index contributed by atoms with van der Waals surface area (Å²) in [5.74, 6) is -0.411. The number of carbonyl (C=O) groups is 1. The Kier molecular flexibility index (Phi) is 4.33. The van der Waals surface area contributed by atoms with Gasteiger partial charge in [-0.05, 0) is 39.2 Å². The van der Waals surface area contributed by atoms with Gasteiger partial charge < -0.3 is 5.11 Å². The van der Waals surface area contributed by atoms with E-state index in [0.717, 1.165) is 25.9 Å². The molecule has 3 nitrogen and oxygen atoms in total. The van der Waals surface area contributed by atoms with Gasteiger partial charge in [0.1, 0.15) is 6.04 Å². The van der Waals surface area contributed by atoms with Crippen molar-refractivity contribution in [1.82, 2.24) is 4.90 Å². The molecule has 86 valence electrons. The van der Waals surface area contributed by atoms with Gasteiger partial charge in [0.25, 0.3) is 0 Å². The van der Waals surface area contributed by atoms with E-state index >= 15 is 0 Å². The summed E-state index contributed by atoms with van der Waals surface area (Å²) in [6, 6.07) is -0.297. The van der Waals surface area contributed by atoms with Crippen LogP contribution in [0.2, 0.25) is 0 Å². The molecule has 0 bridgehead atoms. The third-order valence-electron chi connectivity index (χ3n) is 3.02. The van der Waals surface area contributed by atoms with Crippen LogP contribution in [-0.2, 0) is 4.79 Å². The highest BCUT2D eigenvalue weighted by molar-refractivity contribution is 5.74. The second-order valence-electron chi connectivity index (χ2n) is 4.68. The van der Waals surface area contributed by atoms with Crippen molar-refractivity contribution in [2.24, 2.45) is 5.92 Å². The van der Waals surface area contributed by atoms with Gasteiger partial charge in [0.05, 0.1) is 0 Å². The molecule has 1 N–H and O–H groups in total. The summed E-state index contributed by atoms with van der Waals surface area (Å²) in [7, 11) is 0. The number of nitrogens with zero attached hydrogens (tertiary/aromatic N) is 1. The minimum absolute atomic E-state index is 0.266. The number of rotatable bonds is 3. The van der Waals surface area contributed by atoms with Gasteiger partial charge >= 0.3 is 5.97 Å². The van der Waals surface area contributed by atoms with Crippen LogP contribution in [0.1, 0.15) is 33.6 Å². The fourth-order valence-corrected chi connectivity index (χ4v) is 2.18. The van der Waals surface area contributed by atoms with Crippen LogP contribution in [-0.4, -0.2) is 35.1 Å². The number of aliphatic carboxylic acids is 1. The van der Waals surface area contributed by atoms with E-state index in [-0.39, 0.29) is 12.0 Å². The lowest BCUT2D eigenvalue weighted by Crippen LogP contribution is -2.49. The van der Waals surface area contributed by atoms with Crippen molar-refractivity contribution >= 4 is 5.97 Å². The van der Waals surface area contributed by atoms with Crippen molar-refractivity contribution in [3.8, 4) is 0 Å². The molecule has 0 radical (unpaired) electrons. The summed E-state index contributed by atoms with van der Waals surface area (Å²) >= 11 is 0. The van der Waals surface area contributed by atoms with Crippen LogP contribution in [0.5, 0.6) is 0 Å². The van der Waals surface area contributed by atoms with E-state index in [2.05, 4.69) is 11.0 Å². The molecule has 1 aliphatic heterocycles. The van der Waals surface area contributed by atoms with Gasteiger partial charge in [-0.1, -0.05) is 18.6 Å². The van der Waals surface area contributed by atoms with E-state index < -0.39 is 5.97 Å². The molecule has 0 aromatic heterocycles. The normalized spacial score (nSPS) is 27.4. The molecule has 1 saturated heterocycles. The Morgan fingerprint density at radius 1 is 1.53 bits per heavy atom. The Balaban J connectivity index is 2.66. The molecule has 1 fully saturated rings. The van der Waals surface area contributed by atoms with Crippen molar-refractivity contribution < 1.29 is 9.90 Å². The molecule has 0 spiro atoms. The third-order valence-corrected chi connectivity index (χ3v) is 3.02. The monoisotopic (exact) mass is 211 g/mol. The van der Waals surface area contributed by atoms with Crippen LogP contribution < -0.4 is 0 Å². The Morgan fingerprint density at radius 2 is 2.20 bits per heavy atom. The summed E-state index contributed by atoms with van der Waals surface area (Å²) in [5.41, 5.74) is 1.25. The van der Waals surface area contributed by atoms with Crippen molar-refractivity contribution in [3.63, 3.8) is 0 Å². The highest BCUT2D eigenvalue weighted by Crippen LogP contribution is 2.23. The summed E-state index contributed by atoms with van der Waals surface area (Å²) in [6.45, 7) is 7.80. The minimum Gasteiger partial charge on any atom is -0.480 e. The van der Waals surface area contributed by atoms with Crippen LogP contribution in [0.15, 0.2) is 11.6 Å². The smallest absolute Gasteiger partial charge is 0.321 e. The summed E-state index contributed by atoms with van der Waals surface area (Å²) in [4.78, 5) is 13.2. The molecule has 1 aliphatic rings. The number of carboxylic acids is 1.